The van der Waals surface area contributed by atoms with Crippen molar-refractivity contribution < 1.29 is 8.42 Å². The van der Waals surface area contributed by atoms with Gasteiger partial charge in [0, 0.05) is 4.47 Å². The summed E-state index contributed by atoms with van der Waals surface area (Å²) in [7, 11) is -3.97. The predicted octanol–water partition coefficient (Wildman–Crippen LogP) is 2.47. The summed E-state index contributed by atoms with van der Waals surface area (Å²) >= 11 is 3.28. The van der Waals surface area contributed by atoms with Crippen LogP contribution in [-0.4, -0.2) is 28.2 Å². The lowest BCUT2D eigenvalue weighted by atomic mass is 10.2. The average molecular weight is 419 g/mol. The highest BCUT2D eigenvalue weighted by Crippen LogP contribution is 2.29. The van der Waals surface area contributed by atoms with Crippen molar-refractivity contribution in [1.82, 2.24) is 19.8 Å². The summed E-state index contributed by atoms with van der Waals surface area (Å²) in [4.78, 5) is 14.9. The quantitative estimate of drug-likeness (QED) is 0.539. The summed E-state index contributed by atoms with van der Waals surface area (Å²) in [5, 5.41) is 7.87. The molecule has 0 fully saturated rings. The first-order valence-electron chi connectivity index (χ1n) is 7.27. The summed E-state index contributed by atoms with van der Waals surface area (Å²) in [6.45, 7) is 1.86. The standard InChI is InChI=1S/C16H11BrN4O3S/c1-9-6-7-13(11(17)8-9)25(23,24)16-14-18-15(22)10-4-2-3-5-12(10)21(14)20-19-16/h2-8H,1H3,(H,18,22). The van der Waals surface area contributed by atoms with Crippen molar-refractivity contribution in [3.05, 3.63) is 62.9 Å². The van der Waals surface area contributed by atoms with Crippen LogP contribution in [0.25, 0.3) is 16.6 Å². The number of aromatic amines is 1. The third kappa shape index (κ3) is 2.38. The summed E-state index contributed by atoms with van der Waals surface area (Å²) in [5.74, 6) is 0. The topological polar surface area (TPSA) is 97.2 Å². The van der Waals surface area contributed by atoms with Gasteiger partial charge in [-0.25, -0.2) is 8.42 Å². The molecule has 1 N–H and O–H groups in total. The molecule has 0 bridgehead atoms. The summed E-state index contributed by atoms with van der Waals surface area (Å²) in [6.07, 6.45) is 0. The number of hydrogen-bond donors (Lipinski definition) is 1. The Hall–Kier alpha value is -2.52. The second-order valence-electron chi connectivity index (χ2n) is 5.56. The Morgan fingerprint density at radius 1 is 1.16 bits per heavy atom. The number of fused-ring (bicyclic) bond motifs is 3. The molecule has 0 amide bonds. The van der Waals surface area contributed by atoms with Gasteiger partial charge in [-0.1, -0.05) is 23.4 Å². The van der Waals surface area contributed by atoms with Crippen molar-refractivity contribution in [2.24, 2.45) is 0 Å². The third-order valence-corrected chi connectivity index (χ3v) is 6.52. The number of nitrogens with one attached hydrogen (secondary N) is 1. The van der Waals surface area contributed by atoms with E-state index >= 15 is 0 Å². The van der Waals surface area contributed by atoms with Gasteiger partial charge in [0.25, 0.3) is 5.56 Å². The minimum Gasteiger partial charge on any atom is -0.304 e. The zero-order valence-corrected chi connectivity index (χ0v) is 15.3. The largest absolute Gasteiger partial charge is 0.304 e. The third-order valence-electron chi connectivity index (χ3n) is 3.88. The molecular weight excluding hydrogens is 408 g/mol. The Labute approximate surface area is 150 Å². The molecule has 25 heavy (non-hydrogen) atoms. The fourth-order valence-electron chi connectivity index (χ4n) is 2.68. The van der Waals surface area contributed by atoms with Crippen LogP contribution in [0.1, 0.15) is 5.56 Å². The van der Waals surface area contributed by atoms with E-state index in [1.165, 1.54) is 10.6 Å². The second-order valence-corrected chi connectivity index (χ2v) is 8.25. The van der Waals surface area contributed by atoms with E-state index in [0.29, 0.717) is 15.4 Å². The molecule has 0 aliphatic carbocycles. The lowest BCUT2D eigenvalue weighted by Gasteiger charge is -2.05. The molecule has 0 atom stereocenters. The van der Waals surface area contributed by atoms with Gasteiger partial charge in [0.2, 0.25) is 14.9 Å². The van der Waals surface area contributed by atoms with Crippen LogP contribution in [0.4, 0.5) is 0 Å². The minimum absolute atomic E-state index is 0.0381. The van der Waals surface area contributed by atoms with Crippen LogP contribution in [0, 0.1) is 6.92 Å². The van der Waals surface area contributed by atoms with Gasteiger partial charge in [-0.2, -0.15) is 4.52 Å². The molecule has 9 heteroatoms. The van der Waals surface area contributed by atoms with Gasteiger partial charge in [0.1, 0.15) is 0 Å². The maximum absolute atomic E-state index is 13.0. The molecule has 0 saturated heterocycles. The van der Waals surface area contributed by atoms with Gasteiger partial charge >= 0.3 is 0 Å². The second kappa shape index (κ2) is 5.50. The maximum Gasteiger partial charge on any atom is 0.259 e. The number of aryl methyl sites for hydroxylation is 1. The number of sulfone groups is 1. The lowest BCUT2D eigenvalue weighted by Crippen LogP contribution is -2.12. The smallest absolute Gasteiger partial charge is 0.259 e. The van der Waals surface area contributed by atoms with Crippen molar-refractivity contribution >= 4 is 42.3 Å². The minimum atomic E-state index is -3.97. The van der Waals surface area contributed by atoms with E-state index in [0.717, 1.165) is 5.56 Å². The van der Waals surface area contributed by atoms with Crippen LogP contribution >= 0.6 is 15.9 Å². The van der Waals surface area contributed by atoms with Crippen molar-refractivity contribution in [2.45, 2.75) is 16.8 Å². The molecule has 0 saturated carbocycles. The average Bonchev–Trinajstić information content (AvgIpc) is 2.99. The van der Waals surface area contributed by atoms with E-state index < -0.39 is 15.4 Å². The van der Waals surface area contributed by atoms with Crippen molar-refractivity contribution in [3.63, 3.8) is 0 Å². The highest BCUT2D eigenvalue weighted by atomic mass is 79.9. The highest BCUT2D eigenvalue weighted by molar-refractivity contribution is 9.10. The van der Waals surface area contributed by atoms with E-state index in [9.17, 15) is 13.2 Å². The lowest BCUT2D eigenvalue weighted by molar-refractivity contribution is 0.592. The SMILES string of the molecule is Cc1ccc(S(=O)(=O)c2nnn3c2[nH]c(=O)c2ccccc23)c(Br)c1. The van der Waals surface area contributed by atoms with Crippen molar-refractivity contribution in [1.29, 1.82) is 0 Å². The van der Waals surface area contributed by atoms with E-state index in [1.807, 2.05) is 6.92 Å². The fraction of sp³-hybridized carbons (Fsp3) is 0.0625. The molecule has 0 aliphatic rings. The molecule has 126 valence electrons. The number of H-pyrrole nitrogens is 1. The summed E-state index contributed by atoms with van der Waals surface area (Å²) in [6, 6.07) is 11.7. The van der Waals surface area contributed by atoms with Gasteiger partial charge in [0.15, 0.2) is 5.65 Å². The van der Waals surface area contributed by atoms with E-state index in [2.05, 4.69) is 31.2 Å². The summed E-state index contributed by atoms with van der Waals surface area (Å²) in [5.41, 5.74) is 1.04. The Morgan fingerprint density at radius 3 is 2.68 bits per heavy atom. The first-order chi connectivity index (χ1) is 11.9. The van der Waals surface area contributed by atoms with Gasteiger partial charge < -0.3 is 4.98 Å². The number of nitrogens with zero attached hydrogens (tertiary/aromatic N) is 3. The number of benzene rings is 2. The molecule has 0 radical (unpaired) electrons. The van der Waals surface area contributed by atoms with E-state index in [1.54, 1.807) is 36.4 Å². The molecule has 4 rings (SSSR count). The number of halogens is 1. The van der Waals surface area contributed by atoms with Crippen LogP contribution in [0.15, 0.2) is 61.7 Å². The van der Waals surface area contributed by atoms with Gasteiger partial charge in [-0.3, -0.25) is 4.79 Å². The predicted molar refractivity (Wildman–Crippen MR) is 95.4 cm³/mol. The Balaban J connectivity index is 2.06. The highest BCUT2D eigenvalue weighted by Gasteiger charge is 2.28. The zero-order chi connectivity index (χ0) is 17.8. The van der Waals surface area contributed by atoms with Gasteiger partial charge in [-0.05, 0) is 52.7 Å². The van der Waals surface area contributed by atoms with E-state index in [4.69, 9.17) is 0 Å². The van der Waals surface area contributed by atoms with E-state index in [-0.39, 0.29) is 15.6 Å². The van der Waals surface area contributed by atoms with Crippen LogP contribution in [-0.2, 0) is 9.84 Å². The molecular formula is C16H11BrN4O3S. The number of aromatic nitrogens is 4. The van der Waals surface area contributed by atoms with Crippen LogP contribution < -0.4 is 5.56 Å². The van der Waals surface area contributed by atoms with Crippen LogP contribution in [0.3, 0.4) is 0 Å². The summed E-state index contributed by atoms with van der Waals surface area (Å²) < 4.78 is 27.8. The molecule has 7 nitrogen and oxygen atoms in total. The van der Waals surface area contributed by atoms with Gasteiger partial charge in [0.05, 0.1) is 15.8 Å². The maximum atomic E-state index is 13.0. The van der Waals surface area contributed by atoms with Crippen LogP contribution in [0.5, 0.6) is 0 Å². The number of rotatable bonds is 2. The molecule has 2 aromatic carbocycles. The Morgan fingerprint density at radius 2 is 1.92 bits per heavy atom. The van der Waals surface area contributed by atoms with Crippen molar-refractivity contribution in [2.75, 3.05) is 0 Å². The number of para-hydroxylation sites is 1. The molecule has 0 spiro atoms. The molecule has 2 heterocycles. The first kappa shape index (κ1) is 16.0. The van der Waals surface area contributed by atoms with Crippen molar-refractivity contribution in [3.8, 4) is 0 Å². The number of hydrogen-bond acceptors (Lipinski definition) is 5. The normalized spacial score (nSPS) is 12.1. The monoisotopic (exact) mass is 418 g/mol. The zero-order valence-electron chi connectivity index (χ0n) is 12.9. The first-order valence-corrected chi connectivity index (χ1v) is 9.55. The molecule has 4 aromatic rings. The Kier molecular flexibility index (Phi) is 3.51. The Bertz CT molecular complexity index is 1310. The molecule has 0 aliphatic heterocycles. The van der Waals surface area contributed by atoms with Crippen LogP contribution in [0.2, 0.25) is 0 Å². The molecule has 2 aromatic heterocycles. The van der Waals surface area contributed by atoms with Gasteiger partial charge in [-0.15, -0.1) is 5.10 Å². The fourth-order valence-corrected chi connectivity index (χ4v) is 5.12. The molecule has 0 unspecified atom stereocenters.